The van der Waals surface area contributed by atoms with Gasteiger partial charge in [0.25, 0.3) is 0 Å². The van der Waals surface area contributed by atoms with Crippen molar-refractivity contribution in [1.82, 2.24) is 0 Å². The Morgan fingerprint density at radius 3 is 2.56 bits per heavy atom. The molecular formula is C21H21NO5. The smallest absolute Gasteiger partial charge is 0.344 e. The second kappa shape index (κ2) is 7.61. The first-order chi connectivity index (χ1) is 12.8. The van der Waals surface area contributed by atoms with Gasteiger partial charge in [0.05, 0.1) is 5.92 Å². The zero-order valence-corrected chi connectivity index (χ0v) is 15.5. The van der Waals surface area contributed by atoms with Crippen LogP contribution in [-0.4, -0.2) is 30.9 Å². The highest BCUT2D eigenvalue weighted by Gasteiger charge is 2.27. The molecule has 1 aliphatic rings. The number of esters is 1. The van der Waals surface area contributed by atoms with Crippen molar-refractivity contribution in [2.45, 2.75) is 26.7 Å². The molecule has 0 aliphatic carbocycles. The Kier molecular flexibility index (Phi) is 5.26. The number of ether oxygens (including phenoxy) is 2. The Balaban J connectivity index is 1.52. The highest BCUT2D eigenvalue weighted by Crippen LogP contribution is 2.32. The lowest BCUT2D eigenvalue weighted by Gasteiger charge is -2.09. The Morgan fingerprint density at radius 2 is 1.81 bits per heavy atom. The third-order valence-corrected chi connectivity index (χ3v) is 4.69. The van der Waals surface area contributed by atoms with Crippen LogP contribution in [0.2, 0.25) is 0 Å². The van der Waals surface area contributed by atoms with E-state index in [2.05, 4.69) is 5.32 Å². The Hall–Kier alpha value is -3.15. The van der Waals surface area contributed by atoms with E-state index in [0.717, 1.165) is 16.7 Å². The number of aryl methyl sites for hydroxylation is 2. The van der Waals surface area contributed by atoms with Crippen LogP contribution in [0.4, 0.5) is 5.69 Å². The summed E-state index contributed by atoms with van der Waals surface area (Å²) in [6, 6.07) is 10.5. The summed E-state index contributed by atoms with van der Waals surface area (Å²) in [6.45, 7) is 5.09. The number of benzene rings is 2. The standard InChI is InChI=1S/C21H21NO5/c1-12-4-6-16(8-13(12)2)26-11-20(24)27-10-19(23)15-5-7-18-17(9-15)14(3)21(25)22-18/h4-9,14H,10-11H2,1-3H3,(H,22,25)/t14-/m0/s1. The van der Waals surface area contributed by atoms with Crippen LogP contribution in [0.3, 0.4) is 0 Å². The topological polar surface area (TPSA) is 81.7 Å². The molecule has 0 saturated heterocycles. The predicted molar refractivity (Wildman–Crippen MR) is 100 cm³/mol. The number of carbonyl (C=O) groups excluding carboxylic acids is 3. The Morgan fingerprint density at radius 1 is 1.04 bits per heavy atom. The van der Waals surface area contributed by atoms with Crippen molar-refractivity contribution < 1.29 is 23.9 Å². The minimum Gasteiger partial charge on any atom is -0.482 e. The molecular weight excluding hydrogens is 346 g/mol. The quantitative estimate of drug-likeness (QED) is 0.626. The zero-order chi connectivity index (χ0) is 19.6. The van der Waals surface area contributed by atoms with E-state index in [4.69, 9.17) is 9.47 Å². The van der Waals surface area contributed by atoms with Crippen molar-refractivity contribution in [2.75, 3.05) is 18.5 Å². The summed E-state index contributed by atoms with van der Waals surface area (Å²) in [5.74, 6) is -0.769. The van der Waals surface area contributed by atoms with Gasteiger partial charge in [0.15, 0.2) is 19.0 Å². The van der Waals surface area contributed by atoms with Crippen LogP contribution in [0.15, 0.2) is 36.4 Å². The van der Waals surface area contributed by atoms with Crippen LogP contribution < -0.4 is 10.1 Å². The molecule has 0 bridgehead atoms. The van der Waals surface area contributed by atoms with Gasteiger partial charge in [0, 0.05) is 11.3 Å². The number of rotatable bonds is 6. The fraction of sp³-hybridized carbons (Fsp3) is 0.286. The Bertz CT molecular complexity index is 919. The molecule has 1 heterocycles. The summed E-state index contributed by atoms with van der Waals surface area (Å²) in [6.07, 6.45) is 0. The van der Waals surface area contributed by atoms with Gasteiger partial charge in [0.1, 0.15) is 5.75 Å². The molecule has 1 N–H and O–H groups in total. The number of fused-ring (bicyclic) bond motifs is 1. The molecule has 0 spiro atoms. The number of hydrogen-bond donors (Lipinski definition) is 1. The molecule has 140 valence electrons. The van der Waals surface area contributed by atoms with Crippen LogP contribution in [-0.2, 0) is 14.3 Å². The Labute approximate surface area is 157 Å². The number of hydrogen-bond acceptors (Lipinski definition) is 5. The van der Waals surface area contributed by atoms with Crippen molar-refractivity contribution in [3.05, 3.63) is 58.7 Å². The molecule has 2 aromatic carbocycles. The first-order valence-corrected chi connectivity index (χ1v) is 8.69. The number of anilines is 1. The minimum absolute atomic E-state index is 0.0930. The van der Waals surface area contributed by atoms with E-state index in [1.807, 2.05) is 26.0 Å². The first kappa shape index (κ1) is 18.6. The van der Waals surface area contributed by atoms with Gasteiger partial charge in [-0.15, -0.1) is 0 Å². The van der Waals surface area contributed by atoms with E-state index in [0.29, 0.717) is 17.0 Å². The molecule has 3 rings (SSSR count). The van der Waals surface area contributed by atoms with Crippen LogP contribution in [0.5, 0.6) is 5.75 Å². The normalized spacial score (nSPS) is 15.1. The van der Waals surface area contributed by atoms with E-state index in [1.165, 1.54) is 0 Å². The van der Waals surface area contributed by atoms with Crippen molar-refractivity contribution in [1.29, 1.82) is 0 Å². The third-order valence-electron chi connectivity index (χ3n) is 4.69. The molecule has 1 atom stereocenters. The summed E-state index contributed by atoms with van der Waals surface area (Å²) in [5, 5.41) is 2.75. The van der Waals surface area contributed by atoms with Crippen LogP contribution >= 0.6 is 0 Å². The van der Waals surface area contributed by atoms with Gasteiger partial charge in [-0.25, -0.2) is 4.79 Å². The molecule has 0 unspecified atom stereocenters. The lowest BCUT2D eigenvalue weighted by molar-refractivity contribution is -0.144. The maximum atomic E-state index is 12.3. The fourth-order valence-electron chi connectivity index (χ4n) is 2.81. The zero-order valence-electron chi connectivity index (χ0n) is 15.5. The van der Waals surface area contributed by atoms with Crippen molar-refractivity contribution in [2.24, 2.45) is 0 Å². The summed E-state index contributed by atoms with van der Waals surface area (Å²) in [4.78, 5) is 35.8. The molecule has 1 amide bonds. The summed E-state index contributed by atoms with van der Waals surface area (Å²) in [5.41, 5.74) is 4.09. The summed E-state index contributed by atoms with van der Waals surface area (Å²) in [7, 11) is 0. The van der Waals surface area contributed by atoms with Crippen LogP contribution in [0, 0.1) is 13.8 Å². The van der Waals surface area contributed by atoms with Gasteiger partial charge in [-0.2, -0.15) is 0 Å². The lowest BCUT2D eigenvalue weighted by atomic mass is 9.99. The number of ketones is 1. The molecule has 0 fully saturated rings. The fourth-order valence-corrected chi connectivity index (χ4v) is 2.81. The molecule has 1 aliphatic heterocycles. The maximum absolute atomic E-state index is 12.3. The van der Waals surface area contributed by atoms with Crippen LogP contribution in [0.25, 0.3) is 0 Å². The summed E-state index contributed by atoms with van der Waals surface area (Å²) >= 11 is 0. The van der Waals surface area contributed by atoms with Crippen molar-refractivity contribution >= 4 is 23.3 Å². The monoisotopic (exact) mass is 367 g/mol. The van der Waals surface area contributed by atoms with Crippen LogP contribution in [0.1, 0.15) is 39.9 Å². The number of carbonyl (C=O) groups is 3. The SMILES string of the molecule is Cc1ccc(OCC(=O)OCC(=O)c2ccc3c(c2)[C@H](C)C(=O)N3)cc1C. The molecule has 2 aromatic rings. The van der Waals surface area contributed by atoms with Gasteiger partial charge in [-0.1, -0.05) is 6.07 Å². The average Bonchev–Trinajstić information content (AvgIpc) is 2.94. The third kappa shape index (κ3) is 4.16. The van der Waals surface area contributed by atoms with Crippen molar-refractivity contribution in [3.63, 3.8) is 0 Å². The largest absolute Gasteiger partial charge is 0.482 e. The number of nitrogens with one attached hydrogen (secondary N) is 1. The highest BCUT2D eigenvalue weighted by atomic mass is 16.6. The van der Waals surface area contributed by atoms with Crippen molar-refractivity contribution in [3.8, 4) is 5.75 Å². The van der Waals surface area contributed by atoms with Gasteiger partial charge < -0.3 is 14.8 Å². The first-order valence-electron chi connectivity index (χ1n) is 8.69. The maximum Gasteiger partial charge on any atom is 0.344 e. The van der Waals surface area contributed by atoms with E-state index >= 15 is 0 Å². The van der Waals surface area contributed by atoms with Gasteiger partial charge >= 0.3 is 5.97 Å². The van der Waals surface area contributed by atoms with Gasteiger partial charge in [0.2, 0.25) is 5.91 Å². The molecule has 0 aromatic heterocycles. The minimum atomic E-state index is -0.618. The summed E-state index contributed by atoms with van der Waals surface area (Å²) < 4.78 is 10.4. The molecule has 0 saturated carbocycles. The van der Waals surface area contributed by atoms with Gasteiger partial charge in [-0.05, 0) is 67.8 Å². The van der Waals surface area contributed by atoms with E-state index in [9.17, 15) is 14.4 Å². The molecule has 6 heteroatoms. The number of Topliss-reactive ketones (excluding diaryl/α,β-unsaturated/α-hetero) is 1. The van der Waals surface area contributed by atoms with E-state index in [1.54, 1.807) is 31.2 Å². The van der Waals surface area contributed by atoms with E-state index < -0.39 is 5.97 Å². The lowest BCUT2D eigenvalue weighted by Crippen LogP contribution is -2.19. The highest BCUT2D eigenvalue weighted by molar-refractivity contribution is 6.05. The second-order valence-corrected chi connectivity index (χ2v) is 6.63. The average molecular weight is 367 g/mol. The predicted octanol–water partition coefficient (Wildman–Crippen LogP) is 3.16. The molecule has 27 heavy (non-hydrogen) atoms. The van der Waals surface area contributed by atoms with E-state index in [-0.39, 0.29) is 30.8 Å². The second-order valence-electron chi connectivity index (χ2n) is 6.63. The molecule has 6 nitrogen and oxygen atoms in total. The van der Waals surface area contributed by atoms with Gasteiger partial charge in [-0.3, -0.25) is 9.59 Å². The number of amides is 1. The molecule has 0 radical (unpaired) electrons.